The summed E-state index contributed by atoms with van der Waals surface area (Å²) in [6.07, 6.45) is 6.13. The van der Waals surface area contributed by atoms with E-state index < -0.39 is 6.10 Å². The number of imidazole rings is 2. The van der Waals surface area contributed by atoms with Gasteiger partial charge in [-0.15, -0.1) is 0 Å². The molecule has 0 aliphatic carbocycles. The predicted octanol–water partition coefficient (Wildman–Crippen LogP) is 2.59. The lowest BCUT2D eigenvalue weighted by molar-refractivity contribution is 0.0513. The molecule has 1 aromatic carbocycles. The van der Waals surface area contributed by atoms with E-state index in [0.717, 1.165) is 61.6 Å². The molecule has 3 heterocycles. The van der Waals surface area contributed by atoms with Gasteiger partial charge < -0.3 is 19.6 Å². The molecule has 0 saturated carbocycles. The van der Waals surface area contributed by atoms with E-state index in [0.29, 0.717) is 5.92 Å². The van der Waals surface area contributed by atoms with E-state index in [1.54, 1.807) is 6.20 Å². The zero-order valence-corrected chi connectivity index (χ0v) is 15.5. The fourth-order valence-electron chi connectivity index (χ4n) is 3.92. The van der Waals surface area contributed by atoms with Gasteiger partial charge in [-0.3, -0.25) is 0 Å². The molecule has 0 spiro atoms. The van der Waals surface area contributed by atoms with E-state index in [2.05, 4.69) is 40.0 Å². The van der Waals surface area contributed by atoms with Crippen LogP contribution in [0.4, 0.5) is 0 Å². The molecule has 138 valence electrons. The maximum absolute atomic E-state index is 10.6. The monoisotopic (exact) mass is 353 g/mol. The number of hydrogen-bond acceptors (Lipinski definition) is 4. The van der Waals surface area contributed by atoms with Gasteiger partial charge in [0.25, 0.3) is 0 Å². The van der Waals surface area contributed by atoms with Gasteiger partial charge in [-0.2, -0.15) is 0 Å². The minimum atomic E-state index is -0.462. The Bertz CT molecular complexity index is 875. The lowest BCUT2D eigenvalue weighted by Crippen LogP contribution is -2.37. The van der Waals surface area contributed by atoms with Crippen molar-refractivity contribution < 1.29 is 5.11 Å². The lowest BCUT2D eigenvalue weighted by Gasteiger charge is -2.33. The summed E-state index contributed by atoms with van der Waals surface area (Å²) in [4.78, 5) is 14.9. The number of rotatable bonds is 5. The van der Waals surface area contributed by atoms with E-state index in [-0.39, 0.29) is 0 Å². The second kappa shape index (κ2) is 7.21. The molecule has 1 fully saturated rings. The molecule has 1 unspecified atom stereocenters. The van der Waals surface area contributed by atoms with Gasteiger partial charge in [0.05, 0.1) is 11.0 Å². The van der Waals surface area contributed by atoms with E-state index in [9.17, 15) is 5.11 Å². The predicted molar refractivity (Wildman–Crippen MR) is 102 cm³/mol. The average molecular weight is 353 g/mol. The van der Waals surface area contributed by atoms with Gasteiger partial charge in [0.2, 0.25) is 0 Å². The SMILES string of the molecule is Cc1ccc2nc(CCN3CCC(C(O)c4nccn4C)CC3)[nH]c2c1. The number of piperidine rings is 1. The van der Waals surface area contributed by atoms with Crippen LogP contribution in [0.25, 0.3) is 11.0 Å². The Morgan fingerprint density at radius 1 is 1.31 bits per heavy atom. The smallest absolute Gasteiger partial charge is 0.137 e. The quantitative estimate of drug-likeness (QED) is 0.740. The minimum Gasteiger partial charge on any atom is -0.385 e. The molecule has 0 radical (unpaired) electrons. The van der Waals surface area contributed by atoms with Gasteiger partial charge >= 0.3 is 0 Å². The van der Waals surface area contributed by atoms with Crippen molar-refractivity contribution >= 4 is 11.0 Å². The van der Waals surface area contributed by atoms with Crippen molar-refractivity contribution in [3.05, 3.63) is 47.8 Å². The number of nitrogens with zero attached hydrogens (tertiary/aromatic N) is 4. The first-order valence-electron chi connectivity index (χ1n) is 9.43. The molecule has 26 heavy (non-hydrogen) atoms. The minimum absolute atomic E-state index is 0.293. The van der Waals surface area contributed by atoms with Crippen LogP contribution in [-0.2, 0) is 13.5 Å². The molecule has 4 rings (SSSR count). The number of H-pyrrole nitrogens is 1. The number of aromatic nitrogens is 4. The zero-order valence-electron chi connectivity index (χ0n) is 15.5. The molecule has 1 saturated heterocycles. The van der Waals surface area contributed by atoms with Crippen LogP contribution in [0, 0.1) is 12.8 Å². The summed E-state index contributed by atoms with van der Waals surface area (Å²) in [5.41, 5.74) is 3.42. The number of aliphatic hydroxyl groups excluding tert-OH is 1. The third-order valence-electron chi connectivity index (χ3n) is 5.55. The van der Waals surface area contributed by atoms with Crippen molar-refractivity contribution in [1.29, 1.82) is 0 Å². The molecule has 6 heteroatoms. The summed E-state index contributed by atoms with van der Waals surface area (Å²) in [5, 5.41) is 10.6. The molecule has 0 bridgehead atoms. The summed E-state index contributed by atoms with van der Waals surface area (Å²) in [7, 11) is 1.94. The topological polar surface area (TPSA) is 70.0 Å². The highest BCUT2D eigenvalue weighted by atomic mass is 16.3. The van der Waals surface area contributed by atoms with Crippen LogP contribution in [0.3, 0.4) is 0 Å². The molecular weight excluding hydrogens is 326 g/mol. The van der Waals surface area contributed by atoms with Crippen molar-refractivity contribution in [2.24, 2.45) is 13.0 Å². The van der Waals surface area contributed by atoms with Crippen molar-refractivity contribution in [3.63, 3.8) is 0 Å². The average Bonchev–Trinajstić information content (AvgIpc) is 3.25. The highest BCUT2D eigenvalue weighted by Crippen LogP contribution is 2.29. The summed E-state index contributed by atoms with van der Waals surface area (Å²) in [6, 6.07) is 6.33. The van der Waals surface area contributed by atoms with Crippen LogP contribution in [0.5, 0.6) is 0 Å². The molecule has 2 N–H and O–H groups in total. The number of nitrogens with one attached hydrogen (secondary N) is 1. The second-order valence-electron chi connectivity index (χ2n) is 7.47. The van der Waals surface area contributed by atoms with Crippen LogP contribution in [-0.4, -0.2) is 49.2 Å². The van der Waals surface area contributed by atoms with Crippen LogP contribution in [0.15, 0.2) is 30.6 Å². The maximum atomic E-state index is 10.6. The van der Waals surface area contributed by atoms with Gasteiger partial charge in [-0.1, -0.05) is 6.07 Å². The highest BCUT2D eigenvalue weighted by Gasteiger charge is 2.28. The first kappa shape index (κ1) is 17.2. The van der Waals surface area contributed by atoms with Crippen molar-refractivity contribution in [2.45, 2.75) is 32.3 Å². The number of aryl methyl sites for hydroxylation is 2. The summed E-state index contributed by atoms with van der Waals surface area (Å²) >= 11 is 0. The largest absolute Gasteiger partial charge is 0.385 e. The molecule has 2 aromatic heterocycles. The Hall–Kier alpha value is -2.18. The Morgan fingerprint density at radius 3 is 2.85 bits per heavy atom. The Morgan fingerprint density at radius 2 is 2.12 bits per heavy atom. The van der Waals surface area contributed by atoms with Crippen molar-refractivity contribution in [2.75, 3.05) is 19.6 Å². The molecule has 6 nitrogen and oxygen atoms in total. The fourth-order valence-corrected chi connectivity index (χ4v) is 3.92. The number of fused-ring (bicyclic) bond motifs is 1. The molecule has 3 aromatic rings. The third-order valence-corrected chi connectivity index (χ3v) is 5.55. The summed E-state index contributed by atoms with van der Waals surface area (Å²) in [6.45, 7) is 5.14. The number of likely N-dealkylation sites (tertiary alicyclic amines) is 1. The number of hydrogen-bond donors (Lipinski definition) is 2. The Kier molecular flexibility index (Phi) is 4.78. The normalized spacial score (nSPS) is 17.8. The van der Waals surface area contributed by atoms with Crippen molar-refractivity contribution in [3.8, 4) is 0 Å². The molecule has 1 aliphatic rings. The van der Waals surface area contributed by atoms with Crippen LogP contribution >= 0.6 is 0 Å². The van der Waals surface area contributed by atoms with Gasteiger partial charge in [-0.05, 0) is 56.5 Å². The highest BCUT2D eigenvalue weighted by molar-refractivity contribution is 5.75. The van der Waals surface area contributed by atoms with Gasteiger partial charge in [-0.25, -0.2) is 9.97 Å². The van der Waals surface area contributed by atoms with Gasteiger partial charge in [0.15, 0.2) is 0 Å². The Balaban J connectivity index is 1.30. The molecule has 1 atom stereocenters. The number of aliphatic hydroxyl groups is 1. The molecular formula is C20H27N5O. The van der Waals surface area contributed by atoms with Crippen LogP contribution in [0.1, 0.15) is 36.2 Å². The second-order valence-corrected chi connectivity index (χ2v) is 7.47. The standard InChI is InChI=1S/C20H27N5O/c1-14-3-4-16-17(13-14)23-18(22-16)7-11-25-9-5-15(6-10-25)19(26)20-21-8-12-24(20)2/h3-4,8,12-13,15,19,26H,5-7,9-11H2,1-2H3,(H,22,23). The number of benzene rings is 1. The first-order valence-corrected chi connectivity index (χ1v) is 9.43. The molecule has 1 aliphatic heterocycles. The van der Waals surface area contributed by atoms with E-state index in [1.165, 1.54) is 5.56 Å². The van der Waals surface area contributed by atoms with Crippen molar-refractivity contribution in [1.82, 2.24) is 24.4 Å². The van der Waals surface area contributed by atoms with Gasteiger partial charge in [0.1, 0.15) is 17.8 Å². The first-order chi connectivity index (χ1) is 12.6. The Labute approximate surface area is 153 Å². The maximum Gasteiger partial charge on any atom is 0.137 e. The lowest BCUT2D eigenvalue weighted by atomic mass is 9.90. The van der Waals surface area contributed by atoms with E-state index in [4.69, 9.17) is 4.98 Å². The van der Waals surface area contributed by atoms with E-state index in [1.807, 2.05) is 17.8 Å². The number of aromatic amines is 1. The van der Waals surface area contributed by atoms with Gasteiger partial charge in [0, 0.05) is 32.4 Å². The zero-order chi connectivity index (χ0) is 18.1. The van der Waals surface area contributed by atoms with E-state index >= 15 is 0 Å². The summed E-state index contributed by atoms with van der Waals surface area (Å²) < 4.78 is 1.92. The van der Waals surface area contributed by atoms with Crippen LogP contribution < -0.4 is 0 Å². The van der Waals surface area contributed by atoms with Crippen LogP contribution in [0.2, 0.25) is 0 Å². The summed E-state index contributed by atoms with van der Waals surface area (Å²) in [5.74, 6) is 2.13. The third kappa shape index (κ3) is 3.52. The fraction of sp³-hybridized carbons (Fsp3) is 0.500. The molecule has 0 amide bonds.